The van der Waals surface area contributed by atoms with Crippen molar-refractivity contribution in [3.63, 3.8) is 0 Å². The molecule has 0 saturated heterocycles. The molecule has 0 aliphatic carbocycles. The van der Waals surface area contributed by atoms with Crippen LogP contribution in [0.25, 0.3) is 0 Å². The summed E-state index contributed by atoms with van der Waals surface area (Å²) in [5.41, 5.74) is 0. The molecule has 15 heavy (non-hydrogen) atoms. The standard InChI is InChI=1S/C12H28N.2HI/c1-5-9-13(10-6-2,11-7-3)12-8-4;;/h5-12H2,1-4H3;2*1H/q+1;;/p-1. The lowest BCUT2D eigenvalue weighted by Gasteiger charge is -2.38. The molecule has 0 saturated carbocycles. The van der Waals surface area contributed by atoms with Crippen molar-refractivity contribution in [2.45, 2.75) is 53.4 Å². The molecule has 0 atom stereocenters. The molecule has 96 valence electrons. The molecule has 0 aliphatic rings. The molecule has 0 aliphatic heterocycles. The Kier molecular flexibility index (Phi) is 19.5. The Labute approximate surface area is 131 Å². The lowest BCUT2D eigenvalue weighted by atomic mass is 10.2. The van der Waals surface area contributed by atoms with Gasteiger partial charge in [-0.3, -0.25) is 0 Å². The van der Waals surface area contributed by atoms with Crippen molar-refractivity contribution in [3.05, 3.63) is 0 Å². The summed E-state index contributed by atoms with van der Waals surface area (Å²) < 4.78 is 1.38. The fourth-order valence-corrected chi connectivity index (χ4v) is 2.57. The highest BCUT2D eigenvalue weighted by atomic mass is 127. The van der Waals surface area contributed by atoms with E-state index in [4.69, 9.17) is 0 Å². The second-order valence-electron chi connectivity index (χ2n) is 4.24. The topological polar surface area (TPSA) is 0 Å². The minimum atomic E-state index is 0. The summed E-state index contributed by atoms with van der Waals surface area (Å²) in [7, 11) is 0. The summed E-state index contributed by atoms with van der Waals surface area (Å²) in [6, 6.07) is 0. The Morgan fingerprint density at radius 2 is 0.800 bits per heavy atom. The van der Waals surface area contributed by atoms with Crippen LogP contribution in [-0.2, 0) is 0 Å². The van der Waals surface area contributed by atoms with E-state index in [1.165, 1.54) is 56.3 Å². The Bertz CT molecular complexity index is 88.7. The van der Waals surface area contributed by atoms with Gasteiger partial charge in [0.2, 0.25) is 0 Å². The zero-order chi connectivity index (χ0) is 10.2. The van der Waals surface area contributed by atoms with Crippen molar-refractivity contribution in [2.24, 2.45) is 0 Å². The first-order valence-electron chi connectivity index (χ1n) is 6.09. The molecule has 0 radical (unpaired) electrons. The van der Waals surface area contributed by atoms with E-state index in [1.807, 2.05) is 0 Å². The van der Waals surface area contributed by atoms with E-state index in [-0.39, 0.29) is 48.0 Å². The van der Waals surface area contributed by atoms with Gasteiger partial charge in [0.25, 0.3) is 0 Å². The lowest BCUT2D eigenvalue weighted by molar-refractivity contribution is -0.928. The van der Waals surface area contributed by atoms with E-state index >= 15 is 0 Å². The van der Waals surface area contributed by atoms with Gasteiger partial charge in [0.05, 0.1) is 26.2 Å². The second-order valence-corrected chi connectivity index (χ2v) is 4.24. The van der Waals surface area contributed by atoms with Crippen LogP contribution in [-0.4, -0.2) is 30.7 Å². The molecule has 0 aromatic rings. The fourth-order valence-electron chi connectivity index (χ4n) is 2.57. The highest BCUT2D eigenvalue weighted by Crippen LogP contribution is 2.12. The third-order valence-electron chi connectivity index (χ3n) is 2.79. The SMILES string of the molecule is CCC[N+](CCC)(CCC)CCC.I.[I-]. The molecule has 0 unspecified atom stereocenters. The average Bonchev–Trinajstić information content (AvgIpc) is 2.06. The molecular weight excluding hydrogens is 412 g/mol. The zero-order valence-electron chi connectivity index (χ0n) is 10.9. The quantitative estimate of drug-likeness (QED) is 0.391. The van der Waals surface area contributed by atoms with Crippen LogP contribution < -0.4 is 24.0 Å². The van der Waals surface area contributed by atoms with Crippen molar-refractivity contribution in [1.82, 2.24) is 0 Å². The third-order valence-corrected chi connectivity index (χ3v) is 2.79. The van der Waals surface area contributed by atoms with Crippen molar-refractivity contribution in [2.75, 3.05) is 26.2 Å². The first-order valence-corrected chi connectivity index (χ1v) is 6.09. The predicted molar refractivity (Wildman–Crippen MR) is 76.3 cm³/mol. The second kappa shape index (κ2) is 13.5. The largest absolute Gasteiger partial charge is 1.00 e. The van der Waals surface area contributed by atoms with Gasteiger partial charge in [0.15, 0.2) is 0 Å². The number of rotatable bonds is 8. The van der Waals surface area contributed by atoms with Gasteiger partial charge in [-0.05, 0) is 25.7 Å². The molecule has 0 aromatic heterocycles. The molecular formula is C12H29I2N. The van der Waals surface area contributed by atoms with Crippen LogP contribution in [0.3, 0.4) is 0 Å². The van der Waals surface area contributed by atoms with Gasteiger partial charge in [0.1, 0.15) is 0 Å². The number of hydrogen-bond acceptors (Lipinski definition) is 0. The van der Waals surface area contributed by atoms with E-state index in [0.717, 1.165) is 0 Å². The van der Waals surface area contributed by atoms with Gasteiger partial charge in [-0.25, -0.2) is 0 Å². The monoisotopic (exact) mass is 441 g/mol. The molecule has 1 nitrogen and oxygen atoms in total. The van der Waals surface area contributed by atoms with Crippen LogP contribution in [0.4, 0.5) is 0 Å². The molecule has 0 spiro atoms. The first-order chi connectivity index (χ1) is 6.24. The number of nitrogens with zero attached hydrogens (tertiary/aromatic N) is 1. The Morgan fingerprint density at radius 3 is 0.933 bits per heavy atom. The van der Waals surface area contributed by atoms with Crippen LogP contribution in [0.2, 0.25) is 0 Å². The summed E-state index contributed by atoms with van der Waals surface area (Å²) in [4.78, 5) is 0. The van der Waals surface area contributed by atoms with Crippen molar-refractivity contribution in [3.8, 4) is 0 Å². The molecule has 0 N–H and O–H groups in total. The molecule has 3 heteroatoms. The summed E-state index contributed by atoms with van der Waals surface area (Å²) in [6.45, 7) is 14.8. The zero-order valence-corrected chi connectivity index (χ0v) is 15.4. The summed E-state index contributed by atoms with van der Waals surface area (Å²) >= 11 is 0. The first kappa shape index (κ1) is 21.7. The van der Waals surface area contributed by atoms with Crippen molar-refractivity contribution >= 4 is 24.0 Å². The van der Waals surface area contributed by atoms with Crippen LogP contribution in [0.15, 0.2) is 0 Å². The van der Waals surface area contributed by atoms with Crippen LogP contribution in [0.5, 0.6) is 0 Å². The summed E-state index contributed by atoms with van der Waals surface area (Å²) in [5.74, 6) is 0. The van der Waals surface area contributed by atoms with E-state index in [0.29, 0.717) is 0 Å². The van der Waals surface area contributed by atoms with Crippen LogP contribution in [0.1, 0.15) is 53.4 Å². The fraction of sp³-hybridized carbons (Fsp3) is 1.00. The Hall–Kier alpha value is 1.42. The molecule has 0 bridgehead atoms. The van der Waals surface area contributed by atoms with E-state index < -0.39 is 0 Å². The minimum absolute atomic E-state index is 0. The van der Waals surface area contributed by atoms with E-state index in [1.54, 1.807) is 0 Å². The highest BCUT2D eigenvalue weighted by Gasteiger charge is 2.22. The molecule has 0 fully saturated rings. The lowest BCUT2D eigenvalue weighted by Crippen LogP contribution is -3.00. The molecule has 0 rings (SSSR count). The minimum Gasteiger partial charge on any atom is -1.00 e. The van der Waals surface area contributed by atoms with Gasteiger partial charge in [-0.15, -0.1) is 24.0 Å². The van der Waals surface area contributed by atoms with Crippen LogP contribution in [0, 0.1) is 0 Å². The Balaban J connectivity index is -0.000000720. The van der Waals surface area contributed by atoms with Gasteiger partial charge < -0.3 is 28.5 Å². The number of hydrogen-bond donors (Lipinski definition) is 0. The highest BCUT2D eigenvalue weighted by molar-refractivity contribution is 14.0. The van der Waals surface area contributed by atoms with Gasteiger partial charge in [-0.1, -0.05) is 27.7 Å². The number of halogens is 2. The van der Waals surface area contributed by atoms with Crippen molar-refractivity contribution < 1.29 is 28.5 Å². The molecule has 0 amide bonds. The van der Waals surface area contributed by atoms with E-state index in [9.17, 15) is 0 Å². The maximum atomic E-state index is 2.31. The summed E-state index contributed by atoms with van der Waals surface area (Å²) in [5, 5.41) is 0. The molecule has 0 heterocycles. The van der Waals surface area contributed by atoms with Gasteiger partial charge in [-0.2, -0.15) is 0 Å². The average molecular weight is 441 g/mol. The maximum absolute atomic E-state index is 2.31. The predicted octanol–water partition coefficient (Wildman–Crippen LogP) is 1.07. The molecule has 0 aromatic carbocycles. The normalized spacial score (nSPS) is 10.4. The van der Waals surface area contributed by atoms with Gasteiger partial charge in [0, 0.05) is 0 Å². The van der Waals surface area contributed by atoms with Crippen molar-refractivity contribution in [1.29, 1.82) is 0 Å². The smallest absolute Gasteiger partial charge is 0.0783 e. The third kappa shape index (κ3) is 9.15. The van der Waals surface area contributed by atoms with Gasteiger partial charge >= 0.3 is 0 Å². The Morgan fingerprint density at radius 1 is 0.600 bits per heavy atom. The van der Waals surface area contributed by atoms with E-state index in [2.05, 4.69) is 27.7 Å². The maximum Gasteiger partial charge on any atom is 0.0783 e. The summed E-state index contributed by atoms with van der Waals surface area (Å²) in [6.07, 6.45) is 5.33. The van der Waals surface area contributed by atoms with Crippen LogP contribution >= 0.6 is 24.0 Å². The number of quaternary nitrogens is 1.